The van der Waals surface area contributed by atoms with Crippen molar-refractivity contribution in [3.8, 4) is 11.3 Å². The Bertz CT molecular complexity index is 844. The van der Waals surface area contributed by atoms with Gasteiger partial charge in [-0.1, -0.05) is 44.2 Å². The zero-order valence-electron chi connectivity index (χ0n) is 12.3. The van der Waals surface area contributed by atoms with Gasteiger partial charge in [-0.15, -0.1) is 0 Å². The third kappa shape index (κ3) is 2.38. The minimum Gasteiger partial charge on any atom is -0.456 e. The van der Waals surface area contributed by atoms with Crippen LogP contribution in [0.15, 0.2) is 57.7 Å². The third-order valence-corrected chi connectivity index (χ3v) is 3.91. The summed E-state index contributed by atoms with van der Waals surface area (Å²) in [6.07, 6.45) is 1.91. The summed E-state index contributed by atoms with van der Waals surface area (Å²) in [5.74, 6) is 0.658. The van der Waals surface area contributed by atoms with E-state index in [1.54, 1.807) is 12.1 Å². The first-order valence-corrected chi connectivity index (χ1v) is 7.38. The number of benzene rings is 2. The van der Waals surface area contributed by atoms with Crippen molar-refractivity contribution in [1.82, 2.24) is 0 Å². The van der Waals surface area contributed by atoms with Crippen molar-refractivity contribution < 1.29 is 4.42 Å². The number of aryl methyl sites for hydroxylation is 1. The van der Waals surface area contributed by atoms with Crippen molar-refractivity contribution in [3.63, 3.8) is 0 Å². The maximum atomic E-state index is 12.3. The lowest BCUT2D eigenvalue weighted by molar-refractivity contribution is 0.618. The molecule has 106 valence electrons. The van der Waals surface area contributed by atoms with Crippen molar-refractivity contribution in [1.29, 1.82) is 0 Å². The van der Waals surface area contributed by atoms with Crippen LogP contribution in [0, 0.1) is 0 Å². The molecular formula is C19H18O2. The quantitative estimate of drug-likeness (QED) is 0.701. The summed E-state index contributed by atoms with van der Waals surface area (Å²) in [4.78, 5) is 12.3. The van der Waals surface area contributed by atoms with Crippen molar-refractivity contribution in [3.05, 3.63) is 69.9 Å². The van der Waals surface area contributed by atoms with E-state index in [0.717, 1.165) is 18.4 Å². The maximum Gasteiger partial charge on any atom is 0.193 e. The fourth-order valence-electron chi connectivity index (χ4n) is 2.85. The summed E-state index contributed by atoms with van der Waals surface area (Å²) in [5, 5.41) is 0.631. The molecule has 0 radical (unpaired) electrons. The van der Waals surface area contributed by atoms with Crippen LogP contribution in [-0.4, -0.2) is 0 Å². The highest BCUT2D eigenvalue weighted by Gasteiger charge is 2.12. The van der Waals surface area contributed by atoms with Gasteiger partial charge in [0.05, 0.1) is 5.39 Å². The Hall–Kier alpha value is -2.35. The molecular weight excluding hydrogens is 260 g/mol. The molecule has 0 aliphatic carbocycles. The average Bonchev–Trinajstić information content (AvgIpc) is 2.54. The van der Waals surface area contributed by atoms with E-state index in [1.807, 2.05) is 30.3 Å². The molecule has 0 spiro atoms. The Labute approximate surface area is 124 Å². The van der Waals surface area contributed by atoms with E-state index in [1.165, 1.54) is 11.1 Å². The molecule has 0 saturated carbocycles. The summed E-state index contributed by atoms with van der Waals surface area (Å²) in [7, 11) is 0. The van der Waals surface area contributed by atoms with Gasteiger partial charge in [0.25, 0.3) is 0 Å². The Balaban J connectivity index is 2.28. The first-order valence-electron chi connectivity index (χ1n) is 7.38. The van der Waals surface area contributed by atoms with Gasteiger partial charge in [0.2, 0.25) is 0 Å². The molecule has 0 fully saturated rings. The van der Waals surface area contributed by atoms with Gasteiger partial charge in [0.1, 0.15) is 11.3 Å². The van der Waals surface area contributed by atoms with Crippen molar-refractivity contribution in [2.45, 2.75) is 26.7 Å². The summed E-state index contributed by atoms with van der Waals surface area (Å²) >= 11 is 0. The first kappa shape index (κ1) is 13.6. The minimum atomic E-state index is 0.0100. The van der Waals surface area contributed by atoms with Crippen LogP contribution in [0.25, 0.3) is 22.3 Å². The van der Waals surface area contributed by atoms with Crippen molar-refractivity contribution >= 4 is 11.0 Å². The molecule has 1 heterocycles. The van der Waals surface area contributed by atoms with E-state index in [9.17, 15) is 4.79 Å². The highest BCUT2D eigenvalue weighted by atomic mass is 16.3. The van der Waals surface area contributed by atoms with E-state index < -0.39 is 0 Å². The Morgan fingerprint density at radius 3 is 2.52 bits per heavy atom. The van der Waals surface area contributed by atoms with Gasteiger partial charge in [-0.05, 0) is 36.1 Å². The molecule has 0 aliphatic rings. The number of para-hydroxylation sites is 1. The van der Waals surface area contributed by atoms with E-state index in [0.29, 0.717) is 16.7 Å². The second-order valence-electron chi connectivity index (χ2n) is 5.12. The molecule has 3 aromatic rings. The van der Waals surface area contributed by atoms with Crippen molar-refractivity contribution in [2.24, 2.45) is 0 Å². The third-order valence-electron chi connectivity index (χ3n) is 3.91. The fourth-order valence-corrected chi connectivity index (χ4v) is 2.85. The molecule has 3 rings (SSSR count). The van der Waals surface area contributed by atoms with E-state index in [2.05, 4.69) is 19.9 Å². The molecule has 0 saturated heterocycles. The number of hydrogen-bond acceptors (Lipinski definition) is 2. The van der Waals surface area contributed by atoms with Crippen LogP contribution in [-0.2, 0) is 12.8 Å². The Morgan fingerprint density at radius 2 is 1.76 bits per heavy atom. The zero-order chi connectivity index (χ0) is 14.8. The molecule has 0 aliphatic heterocycles. The SMILES string of the molecule is CCc1cccc(-c2cc(=O)c3ccccc3o2)c1CC. The first-order chi connectivity index (χ1) is 10.2. The second kappa shape index (κ2) is 5.57. The molecule has 2 heteroatoms. The van der Waals surface area contributed by atoms with Gasteiger partial charge >= 0.3 is 0 Å². The lowest BCUT2D eigenvalue weighted by atomic mass is 9.95. The van der Waals surface area contributed by atoms with E-state index >= 15 is 0 Å². The molecule has 0 N–H and O–H groups in total. The summed E-state index contributed by atoms with van der Waals surface area (Å²) in [6, 6.07) is 15.2. The largest absolute Gasteiger partial charge is 0.456 e. The molecule has 2 nitrogen and oxygen atoms in total. The monoisotopic (exact) mass is 278 g/mol. The highest BCUT2D eigenvalue weighted by Crippen LogP contribution is 2.28. The fraction of sp³-hybridized carbons (Fsp3) is 0.211. The van der Waals surface area contributed by atoms with Crippen LogP contribution in [0.2, 0.25) is 0 Å². The van der Waals surface area contributed by atoms with Crippen LogP contribution >= 0.6 is 0 Å². The molecule has 21 heavy (non-hydrogen) atoms. The molecule has 2 aromatic carbocycles. The maximum absolute atomic E-state index is 12.3. The van der Waals surface area contributed by atoms with Gasteiger partial charge in [-0.3, -0.25) is 4.79 Å². The number of hydrogen-bond donors (Lipinski definition) is 0. The minimum absolute atomic E-state index is 0.0100. The highest BCUT2D eigenvalue weighted by molar-refractivity contribution is 5.79. The van der Waals surface area contributed by atoms with Gasteiger partial charge in [0, 0.05) is 11.6 Å². The zero-order valence-corrected chi connectivity index (χ0v) is 12.3. The smallest absolute Gasteiger partial charge is 0.193 e. The van der Waals surface area contributed by atoms with Gasteiger partial charge in [-0.25, -0.2) is 0 Å². The lowest BCUT2D eigenvalue weighted by Gasteiger charge is -2.12. The standard InChI is InChI=1S/C19H18O2/c1-3-13-8-7-10-15(14(13)4-2)19-12-17(20)16-9-5-6-11-18(16)21-19/h5-12H,3-4H2,1-2H3. The molecule has 0 unspecified atom stereocenters. The van der Waals surface area contributed by atoms with Crippen LogP contribution < -0.4 is 5.43 Å². The normalized spacial score (nSPS) is 11.0. The predicted molar refractivity (Wildman–Crippen MR) is 86.7 cm³/mol. The van der Waals surface area contributed by atoms with Crippen molar-refractivity contribution in [2.75, 3.05) is 0 Å². The van der Waals surface area contributed by atoms with Crippen LogP contribution in [0.3, 0.4) is 0 Å². The number of fused-ring (bicyclic) bond motifs is 1. The van der Waals surface area contributed by atoms with E-state index in [-0.39, 0.29) is 5.43 Å². The average molecular weight is 278 g/mol. The summed E-state index contributed by atoms with van der Waals surface area (Å²) < 4.78 is 5.97. The van der Waals surface area contributed by atoms with Crippen LogP contribution in [0.4, 0.5) is 0 Å². The number of rotatable bonds is 3. The summed E-state index contributed by atoms with van der Waals surface area (Å²) in [6.45, 7) is 4.28. The van der Waals surface area contributed by atoms with Gasteiger partial charge in [0.15, 0.2) is 5.43 Å². The molecule has 0 atom stereocenters. The van der Waals surface area contributed by atoms with Crippen LogP contribution in [0.5, 0.6) is 0 Å². The lowest BCUT2D eigenvalue weighted by Crippen LogP contribution is -2.02. The van der Waals surface area contributed by atoms with E-state index in [4.69, 9.17) is 4.42 Å². The molecule has 0 bridgehead atoms. The topological polar surface area (TPSA) is 30.2 Å². The Morgan fingerprint density at radius 1 is 0.952 bits per heavy atom. The Kier molecular flexibility index (Phi) is 3.61. The molecule has 1 aromatic heterocycles. The van der Waals surface area contributed by atoms with Gasteiger partial charge < -0.3 is 4.42 Å². The van der Waals surface area contributed by atoms with Crippen LogP contribution in [0.1, 0.15) is 25.0 Å². The predicted octanol–water partition coefficient (Wildman–Crippen LogP) is 4.58. The second-order valence-corrected chi connectivity index (χ2v) is 5.12. The summed E-state index contributed by atoms with van der Waals surface area (Å²) in [5.41, 5.74) is 4.25. The molecule has 0 amide bonds. The van der Waals surface area contributed by atoms with Gasteiger partial charge in [-0.2, -0.15) is 0 Å².